The Kier molecular flexibility index (Phi) is 4.25. The van der Waals surface area contributed by atoms with Crippen LogP contribution in [0.5, 0.6) is 0 Å². The predicted molar refractivity (Wildman–Crippen MR) is 67.6 cm³/mol. The van der Waals surface area contributed by atoms with Gasteiger partial charge in [-0.2, -0.15) is 0 Å². The molecule has 0 aliphatic rings. The van der Waals surface area contributed by atoms with E-state index in [1.165, 1.54) is 5.56 Å². The van der Waals surface area contributed by atoms with E-state index in [0.29, 0.717) is 5.92 Å². The van der Waals surface area contributed by atoms with Crippen LogP contribution in [0.4, 0.5) is 0 Å². The lowest BCUT2D eigenvalue weighted by Crippen LogP contribution is -2.25. The molecule has 0 fully saturated rings. The monoisotopic (exact) mass is 219 g/mol. The molecule has 1 rings (SSSR count). The zero-order valence-corrected chi connectivity index (χ0v) is 10.8. The Morgan fingerprint density at radius 3 is 1.81 bits per heavy atom. The standard InChI is InChI=1S/C14H21NO/c1-10(2)12-6-8-13(9-7-12)14(11(3)16)15(4)5/h6-10,14H,1-5H3. The number of ketones is 1. The minimum atomic E-state index is -0.124. The molecule has 0 aliphatic carbocycles. The summed E-state index contributed by atoms with van der Waals surface area (Å²) in [6.07, 6.45) is 0. The van der Waals surface area contributed by atoms with Gasteiger partial charge in [-0.25, -0.2) is 0 Å². The molecule has 1 atom stereocenters. The molecule has 0 saturated heterocycles. The van der Waals surface area contributed by atoms with Gasteiger partial charge in [0.05, 0.1) is 6.04 Å². The first-order valence-corrected chi connectivity index (χ1v) is 5.70. The van der Waals surface area contributed by atoms with Crippen LogP contribution in [0.15, 0.2) is 24.3 Å². The van der Waals surface area contributed by atoms with Crippen LogP contribution in [0, 0.1) is 0 Å². The third kappa shape index (κ3) is 2.92. The summed E-state index contributed by atoms with van der Waals surface area (Å²) in [6, 6.07) is 8.21. The number of carbonyl (C=O) groups excluding carboxylic acids is 1. The van der Waals surface area contributed by atoms with Crippen molar-refractivity contribution in [2.75, 3.05) is 14.1 Å². The highest BCUT2D eigenvalue weighted by Crippen LogP contribution is 2.22. The first-order valence-electron chi connectivity index (χ1n) is 5.70. The fourth-order valence-electron chi connectivity index (χ4n) is 1.96. The highest BCUT2D eigenvalue weighted by atomic mass is 16.1. The van der Waals surface area contributed by atoms with Gasteiger partial charge in [-0.15, -0.1) is 0 Å². The van der Waals surface area contributed by atoms with Crippen LogP contribution in [0.1, 0.15) is 43.9 Å². The second-order valence-corrected chi connectivity index (χ2v) is 4.80. The lowest BCUT2D eigenvalue weighted by atomic mass is 9.97. The van der Waals surface area contributed by atoms with Gasteiger partial charge in [0, 0.05) is 0 Å². The van der Waals surface area contributed by atoms with Gasteiger partial charge < -0.3 is 0 Å². The molecule has 2 heteroatoms. The molecule has 0 aliphatic heterocycles. The van der Waals surface area contributed by atoms with Crippen molar-refractivity contribution in [3.8, 4) is 0 Å². The zero-order valence-electron chi connectivity index (χ0n) is 10.8. The molecule has 1 aromatic rings. The van der Waals surface area contributed by atoms with Crippen LogP contribution in [-0.4, -0.2) is 24.8 Å². The van der Waals surface area contributed by atoms with Gasteiger partial charge in [0.1, 0.15) is 0 Å². The van der Waals surface area contributed by atoms with Crippen LogP contribution in [-0.2, 0) is 4.79 Å². The summed E-state index contributed by atoms with van der Waals surface area (Å²) in [6.45, 7) is 5.98. The first-order chi connectivity index (χ1) is 7.43. The van der Waals surface area contributed by atoms with Crippen molar-refractivity contribution in [1.29, 1.82) is 0 Å². The summed E-state index contributed by atoms with van der Waals surface area (Å²) < 4.78 is 0. The first kappa shape index (κ1) is 12.9. The predicted octanol–water partition coefficient (Wildman–Crippen LogP) is 3.00. The molecule has 0 heterocycles. The SMILES string of the molecule is CC(=O)C(c1ccc(C(C)C)cc1)N(C)C. The van der Waals surface area contributed by atoms with Crippen LogP contribution in [0.2, 0.25) is 0 Å². The maximum Gasteiger partial charge on any atom is 0.151 e. The topological polar surface area (TPSA) is 20.3 Å². The van der Waals surface area contributed by atoms with Gasteiger partial charge in [0.2, 0.25) is 0 Å². The summed E-state index contributed by atoms with van der Waals surface area (Å²) >= 11 is 0. The fourth-order valence-corrected chi connectivity index (χ4v) is 1.96. The molecular formula is C14H21NO. The molecular weight excluding hydrogens is 198 g/mol. The second kappa shape index (κ2) is 5.26. The van der Waals surface area contributed by atoms with Crippen molar-refractivity contribution < 1.29 is 4.79 Å². The number of carbonyl (C=O) groups is 1. The van der Waals surface area contributed by atoms with Crippen molar-refractivity contribution in [2.45, 2.75) is 32.7 Å². The smallest absolute Gasteiger partial charge is 0.151 e. The number of benzene rings is 1. The van der Waals surface area contributed by atoms with Crippen LogP contribution in [0.25, 0.3) is 0 Å². The van der Waals surface area contributed by atoms with Crippen molar-refractivity contribution in [3.63, 3.8) is 0 Å². The van der Waals surface area contributed by atoms with Gasteiger partial charge in [-0.1, -0.05) is 38.1 Å². The van der Waals surface area contributed by atoms with Crippen LogP contribution >= 0.6 is 0 Å². The Morgan fingerprint density at radius 2 is 1.50 bits per heavy atom. The number of hydrogen-bond donors (Lipinski definition) is 0. The number of rotatable bonds is 4. The Labute approximate surface area is 98.3 Å². The molecule has 0 radical (unpaired) electrons. The van der Waals surface area contributed by atoms with E-state index >= 15 is 0 Å². The number of nitrogens with zero attached hydrogens (tertiary/aromatic N) is 1. The van der Waals surface area contributed by atoms with E-state index in [-0.39, 0.29) is 11.8 Å². The third-order valence-corrected chi connectivity index (χ3v) is 2.82. The van der Waals surface area contributed by atoms with Crippen molar-refractivity contribution in [2.24, 2.45) is 0 Å². The minimum Gasteiger partial charge on any atom is -0.298 e. The molecule has 0 N–H and O–H groups in total. The molecule has 0 spiro atoms. The molecule has 0 amide bonds. The van der Waals surface area contributed by atoms with Crippen molar-refractivity contribution >= 4 is 5.78 Å². The van der Waals surface area contributed by atoms with Gasteiger partial charge in [0.15, 0.2) is 5.78 Å². The number of likely N-dealkylation sites (N-methyl/N-ethyl adjacent to an activating group) is 1. The fraction of sp³-hybridized carbons (Fsp3) is 0.500. The molecule has 1 aromatic carbocycles. The Morgan fingerprint density at radius 1 is 1.06 bits per heavy atom. The van der Waals surface area contributed by atoms with E-state index in [1.807, 2.05) is 19.0 Å². The van der Waals surface area contributed by atoms with Gasteiger partial charge in [-0.3, -0.25) is 9.69 Å². The van der Waals surface area contributed by atoms with E-state index in [2.05, 4.69) is 38.1 Å². The third-order valence-electron chi connectivity index (χ3n) is 2.82. The van der Waals surface area contributed by atoms with E-state index in [1.54, 1.807) is 6.92 Å². The average Bonchev–Trinajstić information content (AvgIpc) is 2.17. The normalized spacial score (nSPS) is 13.2. The number of Topliss-reactive ketones (excluding diaryl/α,β-unsaturated/α-hetero) is 1. The average molecular weight is 219 g/mol. The quantitative estimate of drug-likeness (QED) is 0.776. The van der Waals surface area contributed by atoms with Crippen molar-refractivity contribution in [3.05, 3.63) is 35.4 Å². The van der Waals surface area contributed by atoms with Crippen molar-refractivity contribution in [1.82, 2.24) is 4.90 Å². The Balaban J connectivity index is 2.99. The number of hydrogen-bond acceptors (Lipinski definition) is 2. The molecule has 16 heavy (non-hydrogen) atoms. The van der Waals surface area contributed by atoms with E-state index in [4.69, 9.17) is 0 Å². The summed E-state index contributed by atoms with van der Waals surface area (Å²) in [5.74, 6) is 0.714. The summed E-state index contributed by atoms with van der Waals surface area (Å²) in [5.41, 5.74) is 2.38. The lowest BCUT2D eigenvalue weighted by Gasteiger charge is -2.22. The molecule has 1 unspecified atom stereocenters. The van der Waals surface area contributed by atoms with Gasteiger partial charge >= 0.3 is 0 Å². The largest absolute Gasteiger partial charge is 0.298 e. The molecule has 88 valence electrons. The molecule has 2 nitrogen and oxygen atoms in total. The Hall–Kier alpha value is -1.15. The van der Waals surface area contributed by atoms with E-state index < -0.39 is 0 Å². The zero-order chi connectivity index (χ0) is 12.3. The minimum absolute atomic E-state index is 0.124. The van der Waals surface area contributed by atoms with E-state index in [9.17, 15) is 4.79 Å². The summed E-state index contributed by atoms with van der Waals surface area (Å²) in [7, 11) is 3.87. The van der Waals surface area contributed by atoms with Gasteiger partial charge in [-0.05, 0) is 38.1 Å². The Bertz CT molecular complexity index is 352. The maximum atomic E-state index is 11.6. The van der Waals surface area contributed by atoms with Crippen LogP contribution in [0.3, 0.4) is 0 Å². The second-order valence-electron chi connectivity index (χ2n) is 4.80. The van der Waals surface area contributed by atoms with E-state index in [0.717, 1.165) is 5.56 Å². The van der Waals surface area contributed by atoms with Crippen LogP contribution < -0.4 is 0 Å². The summed E-state index contributed by atoms with van der Waals surface area (Å²) in [5, 5.41) is 0. The van der Waals surface area contributed by atoms with Gasteiger partial charge in [0.25, 0.3) is 0 Å². The molecule has 0 aromatic heterocycles. The molecule has 0 bridgehead atoms. The molecule has 0 saturated carbocycles. The highest BCUT2D eigenvalue weighted by Gasteiger charge is 2.18. The highest BCUT2D eigenvalue weighted by molar-refractivity contribution is 5.82. The maximum absolute atomic E-state index is 11.6. The summed E-state index contributed by atoms with van der Waals surface area (Å²) in [4.78, 5) is 13.5. The lowest BCUT2D eigenvalue weighted by molar-refractivity contribution is -0.121.